The number of carbonyl (C=O) groups is 5. The van der Waals surface area contributed by atoms with Crippen LogP contribution < -0.4 is 4.74 Å². The van der Waals surface area contributed by atoms with Gasteiger partial charge in [0.25, 0.3) is 0 Å². The molecule has 0 bridgehead atoms. The number of benzene rings is 2. The van der Waals surface area contributed by atoms with Crippen LogP contribution in [0.5, 0.6) is 5.75 Å². The van der Waals surface area contributed by atoms with Crippen molar-refractivity contribution < 1.29 is 38.2 Å². The quantitative estimate of drug-likeness (QED) is 0.108. The van der Waals surface area contributed by atoms with E-state index in [-0.39, 0.29) is 72.6 Å². The molecule has 0 heterocycles. The predicted octanol–water partition coefficient (Wildman–Crippen LogP) is 11.2. The van der Waals surface area contributed by atoms with Crippen molar-refractivity contribution in [1.82, 2.24) is 0 Å². The van der Waals surface area contributed by atoms with Crippen LogP contribution in [0.25, 0.3) is 16.3 Å². The SMILES string of the molecule is C=CC1CC1(CC(=O)C1CC(Oc2cc(C3=CCC(CC(=O)OC(C)C)=C3)cc3cc(C(C)C)ccc23)CC1C(=O)C(CC(=O)OC1CCCC1)C1CCCCC1)C(C)=O. The van der Waals surface area contributed by atoms with E-state index in [0.717, 1.165) is 85.3 Å². The summed E-state index contributed by atoms with van der Waals surface area (Å²) in [6.07, 6.45) is 16.4. The summed E-state index contributed by atoms with van der Waals surface area (Å²) in [6.45, 7) is 13.5. The number of carbonyl (C=O) groups excluding carboxylic acids is 5. The molecular formula is C52H66O8. The zero-order chi connectivity index (χ0) is 42.7. The van der Waals surface area contributed by atoms with Crippen molar-refractivity contribution >= 4 is 45.6 Å². The summed E-state index contributed by atoms with van der Waals surface area (Å²) in [7, 11) is 0. The minimum Gasteiger partial charge on any atom is -0.490 e. The number of rotatable bonds is 18. The average molecular weight is 819 g/mol. The predicted molar refractivity (Wildman–Crippen MR) is 234 cm³/mol. The summed E-state index contributed by atoms with van der Waals surface area (Å²) >= 11 is 0. The van der Waals surface area contributed by atoms with Gasteiger partial charge in [-0.15, -0.1) is 6.58 Å². The Bertz CT molecular complexity index is 2040. The molecule has 322 valence electrons. The molecule has 5 aliphatic rings. The molecular weight excluding hydrogens is 753 g/mol. The number of esters is 2. The Morgan fingerprint density at radius 1 is 0.867 bits per heavy atom. The molecule has 4 saturated carbocycles. The van der Waals surface area contributed by atoms with Crippen LogP contribution >= 0.6 is 0 Å². The molecule has 0 amide bonds. The van der Waals surface area contributed by atoms with Crippen molar-refractivity contribution in [2.75, 3.05) is 0 Å². The fraction of sp³-hybridized carbons (Fsp3) is 0.596. The summed E-state index contributed by atoms with van der Waals surface area (Å²) < 4.78 is 18.4. The molecule has 8 nitrogen and oxygen atoms in total. The Kier molecular flexibility index (Phi) is 13.7. The van der Waals surface area contributed by atoms with Crippen LogP contribution in [-0.4, -0.2) is 47.6 Å². The van der Waals surface area contributed by atoms with Gasteiger partial charge in [-0.2, -0.15) is 0 Å². The summed E-state index contributed by atoms with van der Waals surface area (Å²) in [4.78, 5) is 68.8. The van der Waals surface area contributed by atoms with Gasteiger partial charge in [-0.25, -0.2) is 0 Å². The monoisotopic (exact) mass is 818 g/mol. The van der Waals surface area contributed by atoms with Crippen molar-refractivity contribution in [3.63, 3.8) is 0 Å². The van der Waals surface area contributed by atoms with E-state index in [1.165, 1.54) is 5.56 Å². The summed E-state index contributed by atoms with van der Waals surface area (Å²) in [6, 6.07) is 10.7. The molecule has 0 radical (unpaired) electrons. The second kappa shape index (κ2) is 18.7. The number of hydrogen-bond donors (Lipinski definition) is 0. The molecule has 2 aromatic rings. The number of ketones is 3. The molecule has 8 heteroatoms. The van der Waals surface area contributed by atoms with Gasteiger partial charge in [0.1, 0.15) is 35.3 Å². The molecule has 60 heavy (non-hydrogen) atoms. The summed E-state index contributed by atoms with van der Waals surface area (Å²) in [5.74, 6) is -1.41. The highest BCUT2D eigenvalue weighted by atomic mass is 16.5. The van der Waals surface area contributed by atoms with Gasteiger partial charge in [0.05, 0.1) is 18.9 Å². The van der Waals surface area contributed by atoms with Gasteiger partial charge in [-0.1, -0.05) is 75.1 Å². The van der Waals surface area contributed by atoms with E-state index in [4.69, 9.17) is 14.2 Å². The van der Waals surface area contributed by atoms with Crippen molar-refractivity contribution in [3.05, 3.63) is 71.8 Å². The first-order valence-corrected chi connectivity index (χ1v) is 23.0. The first-order valence-electron chi connectivity index (χ1n) is 23.0. The third-order valence-corrected chi connectivity index (χ3v) is 14.4. The molecule has 4 fully saturated rings. The molecule has 5 aliphatic carbocycles. The maximum Gasteiger partial charge on any atom is 0.310 e. The minimum atomic E-state index is -0.759. The molecule has 0 N–H and O–H groups in total. The van der Waals surface area contributed by atoms with E-state index in [1.807, 2.05) is 13.8 Å². The van der Waals surface area contributed by atoms with Gasteiger partial charge < -0.3 is 14.2 Å². The first kappa shape index (κ1) is 43.7. The maximum absolute atomic E-state index is 15.1. The average Bonchev–Trinajstić information content (AvgIpc) is 3.62. The number of Topliss-reactive ketones (excluding diaryl/α,β-unsaturated/α-hetero) is 3. The van der Waals surface area contributed by atoms with Gasteiger partial charge in [-0.3, -0.25) is 24.0 Å². The van der Waals surface area contributed by atoms with Gasteiger partial charge in [0.2, 0.25) is 0 Å². The maximum atomic E-state index is 15.1. The van der Waals surface area contributed by atoms with E-state index in [9.17, 15) is 19.2 Å². The summed E-state index contributed by atoms with van der Waals surface area (Å²) in [5, 5.41) is 1.97. The van der Waals surface area contributed by atoms with E-state index in [2.05, 4.69) is 62.9 Å². The number of ether oxygens (including phenoxy) is 3. The Morgan fingerprint density at radius 2 is 1.58 bits per heavy atom. The fourth-order valence-corrected chi connectivity index (χ4v) is 10.9. The second-order valence-electron chi connectivity index (χ2n) is 19.3. The normalized spacial score (nSPS) is 26.2. The molecule has 0 aromatic heterocycles. The van der Waals surface area contributed by atoms with Gasteiger partial charge >= 0.3 is 11.9 Å². The third kappa shape index (κ3) is 9.89. The van der Waals surface area contributed by atoms with E-state index in [0.29, 0.717) is 37.4 Å². The van der Waals surface area contributed by atoms with Gasteiger partial charge in [0, 0.05) is 35.0 Å². The molecule has 7 rings (SSSR count). The number of allylic oxidation sites excluding steroid dienone is 4. The van der Waals surface area contributed by atoms with Crippen molar-refractivity contribution in [2.24, 2.45) is 35.0 Å². The number of hydrogen-bond acceptors (Lipinski definition) is 8. The van der Waals surface area contributed by atoms with Crippen molar-refractivity contribution in [2.45, 2.75) is 162 Å². The molecule has 0 aliphatic heterocycles. The lowest BCUT2D eigenvalue weighted by Crippen LogP contribution is -2.37. The first-order chi connectivity index (χ1) is 28.7. The van der Waals surface area contributed by atoms with Crippen LogP contribution in [-0.2, 0) is 33.4 Å². The highest BCUT2D eigenvalue weighted by Gasteiger charge is 2.59. The van der Waals surface area contributed by atoms with Gasteiger partial charge in [-0.05, 0) is 137 Å². The second-order valence-corrected chi connectivity index (χ2v) is 19.3. The fourth-order valence-electron chi connectivity index (χ4n) is 10.9. The van der Waals surface area contributed by atoms with Crippen LogP contribution in [0.15, 0.2) is 60.7 Å². The zero-order valence-electron chi connectivity index (χ0n) is 36.6. The Hall–Kier alpha value is -4.33. The lowest BCUT2D eigenvalue weighted by atomic mass is 9.71. The third-order valence-electron chi connectivity index (χ3n) is 14.4. The topological polar surface area (TPSA) is 113 Å². The highest BCUT2D eigenvalue weighted by molar-refractivity contribution is 5.98. The van der Waals surface area contributed by atoms with Crippen molar-refractivity contribution in [3.8, 4) is 5.75 Å². The summed E-state index contributed by atoms with van der Waals surface area (Å²) in [5.41, 5.74) is 3.41. The zero-order valence-corrected chi connectivity index (χ0v) is 36.6. The van der Waals surface area contributed by atoms with E-state index in [1.54, 1.807) is 13.0 Å². The highest BCUT2D eigenvalue weighted by Crippen LogP contribution is 2.58. The lowest BCUT2D eigenvalue weighted by molar-refractivity contribution is -0.153. The molecule has 0 spiro atoms. The van der Waals surface area contributed by atoms with Crippen LogP contribution in [0, 0.1) is 35.0 Å². The molecule has 6 unspecified atom stereocenters. The number of fused-ring (bicyclic) bond motifs is 1. The van der Waals surface area contributed by atoms with Crippen LogP contribution in [0.4, 0.5) is 0 Å². The minimum absolute atomic E-state index is 0.0107. The Balaban J connectivity index is 1.20. The Labute approximate surface area is 356 Å². The van der Waals surface area contributed by atoms with Crippen molar-refractivity contribution in [1.29, 1.82) is 0 Å². The molecule has 0 saturated heterocycles. The van der Waals surface area contributed by atoms with Gasteiger partial charge in [0.15, 0.2) is 0 Å². The van der Waals surface area contributed by atoms with Crippen LogP contribution in [0.1, 0.15) is 154 Å². The van der Waals surface area contributed by atoms with E-state index < -0.39 is 29.3 Å². The molecule has 6 atom stereocenters. The van der Waals surface area contributed by atoms with Crippen LogP contribution in [0.2, 0.25) is 0 Å². The Morgan fingerprint density at radius 3 is 2.25 bits per heavy atom. The molecule has 2 aromatic carbocycles. The largest absolute Gasteiger partial charge is 0.490 e. The standard InChI is InChI=1S/C52H66O8/c1-7-40-29-52(40,33(6)53)30-47(54)45-26-42(27-46(45)51(57)44(35-13-9-8-10-14-35)28-50(56)60-41-15-11-12-16-41)59-48-25-38(24-39-23-36(31(2)3)19-20-43(39)48)37-18-17-34(21-37)22-49(55)58-32(4)5/h7,18-21,23-25,31-32,35,40-42,44-46H,1,8-17,22,26-30H2,2-6H3. The van der Waals surface area contributed by atoms with Crippen LogP contribution in [0.3, 0.4) is 0 Å². The smallest absolute Gasteiger partial charge is 0.310 e. The lowest BCUT2D eigenvalue weighted by Gasteiger charge is -2.32. The van der Waals surface area contributed by atoms with E-state index >= 15 is 4.79 Å².